The number of aromatic nitrogens is 1. The summed E-state index contributed by atoms with van der Waals surface area (Å²) in [5, 5.41) is 4.57. The first kappa shape index (κ1) is 10.7. The summed E-state index contributed by atoms with van der Waals surface area (Å²) in [5.74, 6) is 0. The molecule has 0 aliphatic rings. The summed E-state index contributed by atoms with van der Waals surface area (Å²) < 4.78 is 1.13. The molecule has 15 heavy (non-hydrogen) atoms. The first-order valence-corrected chi connectivity index (χ1v) is 5.93. The van der Waals surface area contributed by atoms with Gasteiger partial charge in [-0.3, -0.25) is 0 Å². The number of nitrogens with one attached hydrogen (secondary N) is 2. The highest BCUT2D eigenvalue weighted by molar-refractivity contribution is 9.10. The Kier molecular flexibility index (Phi) is 3.12. The topological polar surface area (TPSA) is 27.8 Å². The second kappa shape index (κ2) is 4.37. The normalized spacial score (nSPS) is 13.3. The fraction of sp³-hybridized carbons (Fsp3) is 0.333. The van der Waals surface area contributed by atoms with Crippen molar-refractivity contribution in [3.05, 3.63) is 34.4 Å². The van der Waals surface area contributed by atoms with Crippen LogP contribution in [-0.4, -0.2) is 18.1 Å². The minimum atomic E-state index is 0.503. The maximum absolute atomic E-state index is 3.55. The Morgan fingerprint density at radius 3 is 3.00 bits per heavy atom. The van der Waals surface area contributed by atoms with Gasteiger partial charge in [0, 0.05) is 22.1 Å². The number of aromatic amines is 1. The number of halogens is 1. The van der Waals surface area contributed by atoms with Crippen molar-refractivity contribution in [2.45, 2.75) is 19.4 Å². The summed E-state index contributed by atoms with van der Waals surface area (Å²) in [7, 11) is 2.00. The Balaban J connectivity index is 2.41. The second-order valence-electron chi connectivity index (χ2n) is 3.87. The van der Waals surface area contributed by atoms with E-state index in [4.69, 9.17) is 0 Å². The van der Waals surface area contributed by atoms with Crippen molar-refractivity contribution in [2.24, 2.45) is 0 Å². The van der Waals surface area contributed by atoms with Gasteiger partial charge in [0.1, 0.15) is 0 Å². The smallest absolute Gasteiger partial charge is 0.0601 e. The molecule has 0 aliphatic carbocycles. The summed E-state index contributed by atoms with van der Waals surface area (Å²) in [4.78, 5) is 3.31. The van der Waals surface area contributed by atoms with E-state index in [-0.39, 0.29) is 0 Å². The van der Waals surface area contributed by atoms with Gasteiger partial charge in [0.25, 0.3) is 0 Å². The molecule has 0 fully saturated rings. The molecule has 1 aromatic carbocycles. The van der Waals surface area contributed by atoms with E-state index in [0.29, 0.717) is 6.04 Å². The van der Waals surface area contributed by atoms with Crippen molar-refractivity contribution in [2.75, 3.05) is 7.05 Å². The Hall–Kier alpha value is -0.800. The molecule has 80 valence electrons. The van der Waals surface area contributed by atoms with Crippen LogP contribution in [0.4, 0.5) is 0 Å². The van der Waals surface area contributed by atoms with Crippen molar-refractivity contribution in [1.82, 2.24) is 10.3 Å². The van der Waals surface area contributed by atoms with Crippen LogP contribution in [0.2, 0.25) is 0 Å². The molecule has 0 saturated heterocycles. The summed E-state index contributed by atoms with van der Waals surface area (Å²) in [6, 6.07) is 6.80. The molecule has 1 unspecified atom stereocenters. The van der Waals surface area contributed by atoms with Crippen molar-refractivity contribution in [3.63, 3.8) is 0 Å². The van der Waals surface area contributed by atoms with E-state index in [1.807, 2.05) is 7.05 Å². The maximum Gasteiger partial charge on any atom is 0.0601 e. The standard InChI is InChI=1S/C12H15BrN2/c1-8(14-2)6-9-7-15-12-10(9)4-3-5-11(12)13/h3-5,7-8,14-15H,6H2,1-2H3. The maximum atomic E-state index is 3.55. The molecular formula is C12H15BrN2. The first-order valence-electron chi connectivity index (χ1n) is 5.14. The molecule has 0 saturated carbocycles. The average Bonchev–Trinajstić information content (AvgIpc) is 2.63. The van der Waals surface area contributed by atoms with Gasteiger partial charge >= 0.3 is 0 Å². The Morgan fingerprint density at radius 1 is 1.47 bits per heavy atom. The predicted octanol–water partition coefficient (Wildman–Crippen LogP) is 3.08. The number of hydrogen-bond acceptors (Lipinski definition) is 1. The number of fused-ring (bicyclic) bond motifs is 1. The third-order valence-corrected chi connectivity index (χ3v) is 3.43. The van der Waals surface area contributed by atoms with Crippen LogP contribution < -0.4 is 5.32 Å². The lowest BCUT2D eigenvalue weighted by Crippen LogP contribution is -2.23. The third kappa shape index (κ3) is 2.08. The van der Waals surface area contributed by atoms with Crippen LogP contribution in [0.1, 0.15) is 12.5 Å². The Morgan fingerprint density at radius 2 is 2.27 bits per heavy atom. The quantitative estimate of drug-likeness (QED) is 0.878. The van der Waals surface area contributed by atoms with Crippen molar-refractivity contribution >= 4 is 26.8 Å². The molecule has 1 heterocycles. The average molecular weight is 267 g/mol. The Bertz CT molecular complexity index is 462. The van der Waals surface area contributed by atoms with Crippen LogP contribution in [-0.2, 0) is 6.42 Å². The highest BCUT2D eigenvalue weighted by Crippen LogP contribution is 2.26. The lowest BCUT2D eigenvalue weighted by atomic mass is 10.1. The number of para-hydroxylation sites is 1. The molecule has 0 aliphatic heterocycles. The lowest BCUT2D eigenvalue weighted by molar-refractivity contribution is 0.610. The number of H-pyrrole nitrogens is 1. The van der Waals surface area contributed by atoms with Gasteiger partial charge < -0.3 is 10.3 Å². The van der Waals surface area contributed by atoms with E-state index in [0.717, 1.165) is 10.9 Å². The van der Waals surface area contributed by atoms with Gasteiger partial charge in [0.15, 0.2) is 0 Å². The third-order valence-electron chi connectivity index (χ3n) is 2.77. The molecule has 3 heteroatoms. The number of rotatable bonds is 3. The van der Waals surface area contributed by atoms with E-state index < -0.39 is 0 Å². The molecule has 2 nitrogen and oxygen atoms in total. The molecule has 0 amide bonds. The van der Waals surface area contributed by atoms with E-state index in [1.165, 1.54) is 16.5 Å². The van der Waals surface area contributed by atoms with Crippen molar-refractivity contribution in [1.29, 1.82) is 0 Å². The molecule has 2 aromatic rings. The first-order chi connectivity index (χ1) is 7.22. The zero-order valence-corrected chi connectivity index (χ0v) is 10.6. The molecule has 1 aromatic heterocycles. The summed E-state index contributed by atoms with van der Waals surface area (Å²) in [6.07, 6.45) is 3.15. The SMILES string of the molecule is CNC(C)Cc1c[nH]c2c(Br)cccc12. The monoisotopic (exact) mass is 266 g/mol. The second-order valence-corrected chi connectivity index (χ2v) is 4.72. The largest absolute Gasteiger partial charge is 0.360 e. The van der Waals surface area contributed by atoms with Crippen LogP contribution >= 0.6 is 15.9 Å². The minimum absolute atomic E-state index is 0.503. The molecular weight excluding hydrogens is 252 g/mol. The molecule has 0 radical (unpaired) electrons. The molecule has 1 atom stereocenters. The fourth-order valence-electron chi connectivity index (χ4n) is 1.78. The Labute approximate surface area is 98.2 Å². The predicted molar refractivity (Wildman–Crippen MR) is 68.2 cm³/mol. The van der Waals surface area contributed by atoms with Crippen molar-refractivity contribution < 1.29 is 0 Å². The van der Waals surface area contributed by atoms with Crippen molar-refractivity contribution in [3.8, 4) is 0 Å². The van der Waals surface area contributed by atoms with E-state index in [1.54, 1.807) is 0 Å². The lowest BCUT2D eigenvalue weighted by Gasteiger charge is -2.08. The van der Waals surface area contributed by atoms with Gasteiger partial charge in [-0.15, -0.1) is 0 Å². The van der Waals surface area contributed by atoms with Crippen LogP contribution in [0.15, 0.2) is 28.9 Å². The minimum Gasteiger partial charge on any atom is -0.360 e. The van der Waals surface area contributed by atoms with Gasteiger partial charge in [0.2, 0.25) is 0 Å². The van der Waals surface area contributed by atoms with Crippen LogP contribution in [0, 0.1) is 0 Å². The highest BCUT2D eigenvalue weighted by Gasteiger charge is 2.08. The molecule has 2 N–H and O–H groups in total. The van der Waals surface area contributed by atoms with Gasteiger partial charge in [-0.1, -0.05) is 12.1 Å². The highest BCUT2D eigenvalue weighted by atomic mass is 79.9. The van der Waals surface area contributed by atoms with E-state index in [2.05, 4.69) is 57.6 Å². The van der Waals surface area contributed by atoms with Gasteiger partial charge in [-0.25, -0.2) is 0 Å². The van der Waals surface area contributed by atoms with E-state index in [9.17, 15) is 0 Å². The molecule has 0 bridgehead atoms. The van der Waals surface area contributed by atoms with Gasteiger partial charge in [-0.05, 0) is 48.0 Å². The van der Waals surface area contributed by atoms with Gasteiger partial charge in [0.05, 0.1) is 5.52 Å². The summed E-state index contributed by atoms with van der Waals surface area (Å²) >= 11 is 3.55. The van der Waals surface area contributed by atoms with Crippen LogP contribution in [0.5, 0.6) is 0 Å². The van der Waals surface area contributed by atoms with Crippen LogP contribution in [0.25, 0.3) is 10.9 Å². The van der Waals surface area contributed by atoms with Gasteiger partial charge in [-0.2, -0.15) is 0 Å². The molecule has 0 spiro atoms. The van der Waals surface area contributed by atoms with E-state index >= 15 is 0 Å². The summed E-state index contributed by atoms with van der Waals surface area (Å²) in [6.45, 7) is 2.19. The molecule has 2 rings (SSSR count). The zero-order chi connectivity index (χ0) is 10.8. The number of benzene rings is 1. The number of likely N-dealkylation sites (N-methyl/N-ethyl adjacent to an activating group) is 1. The number of hydrogen-bond donors (Lipinski definition) is 2. The van der Waals surface area contributed by atoms with Crippen LogP contribution in [0.3, 0.4) is 0 Å². The zero-order valence-electron chi connectivity index (χ0n) is 8.97. The fourth-order valence-corrected chi connectivity index (χ4v) is 2.26. The summed E-state index contributed by atoms with van der Waals surface area (Å²) in [5.41, 5.74) is 2.56.